The van der Waals surface area contributed by atoms with Crippen molar-refractivity contribution >= 4 is 0 Å². The zero-order valence-electron chi connectivity index (χ0n) is 10.5. The molecule has 94 valence electrons. The number of hydrogen-bond donors (Lipinski definition) is 0. The summed E-state index contributed by atoms with van der Waals surface area (Å²) < 4.78 is 11.9. The normalized spacial score (nSPS) is 28.4. The molecule has 1 aromatic rings. The third-order valence-electron chi connectivity index (χ3n) is 4.50. The smallest absolute Gasteiger partial charge is 0.133 e. The molecule has 0 radical (unpaired) electrons. The molecule has 0 saturated heterocycles. The predicted octanol–water partition coefficient (Wildman–Crippen LogP) is 3.63. The summed E-state index contributed by atoms with van der Waals surface area (Å²) in [6.07, 6.45) is 11.7. The maximum absolute atomic E-state index is 6.32. The Morgan fingerprint density at radius 3 is 3.06 bits per heavy atom. The van der Waals surface area contributed by atoms with Crippen molar-refractivity contribution in [2.24, 2.45) is 5.92 Å². The number of benzene rings is 1. The molecule has 0 bridgehead atoms. The third kappa shape index (κ3) is 1.55. The Morgan fingerprint density at radius 2 is 2.06 bits per heavy atom. The number of rotatable bonds is 0. The van der Waals surface area contributed by atoms with Crippen molar-refractivity contribution in [3.05, 3.63) is 35.6 Å². The molecular weight excluding hydrogens is 224 g/mol. The average molecular weight is 242 g/mol. The molecule has 0 amide bonds. The highest BCUT2D eigenvalue weighted by molar-refractivity contribution is 5.53. The van der Waals surface area contributed by atoms with Gasteiger partial charge in [0.2, 0.25) is 0 Å². The quantitative estimate of drug-likeness (QED) is 0.691. The van der Waals surface area contributed by atoms with E-state index in [4.69, 9.17) is 9.47 Å². The molecule has 2 unspecified atom stereocenters. The molecule has 1 aliphatic carbocycles. The zero-order chi connectivity index (χ0) is 11.9. The summed E-state index contributed by atoms with van der Waals surface area (Å²) in [7, 11) is 0. The van der Waals surface area contributed by atoms with Crippen molar-refractivity contribution in [1.29, 1.82) is 0 Å². The van der Waals surface area contributed by atoms with Crippen LogP contribution in [-0.2, 0) is 12.8 Å². The first-order valence-corrected chi connectivity index (χ1v) is 7.05. The highest BCUT2D eigenvalue weighted by Crippen LogP contribution is 2.43. The minimum absolute atomic E-state index is 0.448. The summed E-state index contributed by atoms with van der Waals surface area (Å²) >= 11 is 0. The lowest BCUT2D eigenvalue weighted by atomic mass is 9.80. The van der Waals surface area contributed by atoms with E-state index in [2.05, 4.69) is 18.2 Å². The molecule has 1 fully saturated rings. The molecular formula is C16H18O2. The molecule has 1 saturated carbocycles. The third-order valence-corrected chi connectivity index (χ3v) is 4.50. The largest absolute Gasteiger partial charge is 0.489 e. The maximum atomic E-state index is 6.32. The molecule has 2 atom stereocenters. The van der Waals surface area contributed by atoms with Gasteiger partial charge in [0, 0.05) is 12.0 Å². The van der Waals surface area contributed by atoms with Crippen molar-refractivity contribution in [3.63, 3.8) is 0 Å². The molecule has 4 rings (SSSR count). The zero-order valence-corrected chi connectivity index (χ0v) is 10.5. The Morgan fingerprint density at radius 1 is 1.11 bits per heavy atom. The molecule has 0 spiro atoms. The minimum Gasteiger partial charge on any atom is -0.489 e. The molecule has 2 nitrogen and oxygen atoms in total. The molecule has 0 N–H and O–H groups in total. The van der Waals surface area contributed by atoms with Crippen LogP contribution in [0.15, 0.2) is 24.5 Å². The van der Waals surface area contributed by atoms with E-state index in [-0.39, 0.29) is 0 Å². The molecule has 2 heterocycles. The summed E-state index contributed by atoms with van der Waals surface area (Å²) in [5.74, 6) is 2.84. The van der Waals surface area contributed by atoms with Crippen molar-refractivity contribution in [2.45, 2.75) is 44.6 Å². The Balaban J connectivity index is 1.75. The average Bonchev–Trinajstić information content (AvgIpc) is 2.45. The highest BCUT2D eigenvalue weighted by Gasteiger charge is 2.33. The van der Waals surface area contributed by atoms with Crippen LogP contribution in [-0.4, -0.2) is 6.10 Å². The maximum Gasteiger partial charge on any atom is 0.133 e. The highest BCUT2D eigenvalue weighted by atomic mass is 16.5. The van der Waals surface area contributed by atoms with Gasteiger partial charge in [0.1, 0.15) is 17.6 Å². The van der Waals surface area contributed by atoms with Gasteiger partial charge in [-0.25, -0.2) is 0 Å². The van der Waals surface area contributed by atoms with Gasteiger partial charge >= 0.3 is 0 Å². The van der Waals surface area contributed by atoms with Crippen LogP contribution in [0.1, 0.15) is 36.8 Å². The van der Waals surface area contributed by atoms with Gasteiger partial charge in [-0.05, 0) is 49.3 Å². The summed E-state index contributed by atoms with van der Waals surface area (Å²) in [5, 5.41) is 0. The number of fused-ring (bicyclic) bond motifs is 4. The fourth-order valence-corrected chi connectivity index (χ4v) is 3.55. The molecule has 2 heteroatoms. The van der Waals surface area contributed by atoms with Crippen LogP contribution in [0.4, 0.5) is 0 Å². The fraction of sp³-hybridized carbons (Fsp3) is 0.500. The first-order chi connectivity index (χ1) is 8.92. The van der Waals surface area contributed by atoms with Gasteiger partial charge in [0.15, 0.2) is 0 Å². The monoisotopic (exact) mass is 242 g/mol. The van der Waals surface area contributed by atoms with Gasteiger partial charge in [0.05, 0.1) is 6.26 Å². The predicted molar refractivity (Wildman–Crippen MR) is 70.0 cm³/mol. The fourth-order valence-electron chi connectivity index (χ4n) is 3.55. The molecule has 3 aliphatic rings. The van der Waals surface area contributed by atoms with E-state index in [1.165, 1.54) is 43.2 Å². The van der Waals surface area contributed by atoms with Crippen molar-refractivity contribution in [1.82, 2.24) is 0 Å². The Hall–Kier alpha value is -1.44. The van der Waals surface area contributed by atoms with E-state index in [1.807, 2.05) is 0 Å². The Labute approximate surface area is 108 Å². The van der Waals surface area contributed by atoms with E-state index in [0.29, 0.717) is 6.10 Å². The van der Waals surface area contributed by atoms with Gasteiger partial charge in [-0.2, -0.15) is 0 Å². The van der Waals surface area contributed by atoms with Crippen LogP contribution >= 0.6 is 0 Å². The van der Waals surface area contributed by atoms with Crippen LogP contribution in [0.3, 0.4) is 0 Å². The van der Waals surface area contributed by atoms with E-state index < -0.39 is 0 Å². The second-order valence-electron chi connectivity index (χ2n) is 5.63. The Kier molecular flexibility index (Phi) is 2.35. The molecule has 2 aliphatic heterocycles. The first-order valence-electron chi connectivity index (χ1n) is 7.05. The van der Waals surface area contributed by atoms with E-state index >= 15 is 0 Å². The number of hydrogen-bond acceptors (Lipinski definition) is 2. The summed E-state index contributed by atoms with van der Waals surface area (Å²) in [5.41, 5.74) is 2.63. The second-order valence-corrected chi connectivity index (χ2v) is 5.63. The minimum atomic E-state index is 0.448. The van der Waals surface area contributed by atoms with Gasteiger partial charge in [0.25, 0.3) is 0 Å². The van der Waals surface area contributed by atoms with Crippen molar-refractivity contribution in [2.75, 3.05) is 0 Å². The summed E-state index contributed by atoms with van der Waals surface area (Å²) in [6, 6.07) is 4.29. The van der Waals surface area contributed by atoms with Gasteiger partial charge in [-0.15, -0.1) is 0 Å². The van der Waals surface area contributed by atoms with Crippen LogP contribution in [0.2, 0.25) is 0 Å². The molecule has 0 aromatic heterocycles. The van der Waals surface area contributed by atoms with Crippen LogP contribution < -0.4 is 9.47 Å². The Bertz CT molecular complexity index is 504. The first kappa shape index (κ1) is 10.5. The lowest BCUT2D eigenvalue weighted by molar-refractivity contribution is 0.0738. The van der Waals surface area contributed by atoms with Crippen molar-refractivity contribution < 1.29 is 9.47 Å². The number of allylic oxidation sites excluding steroid dienone is 1. The second kappa shape index (κ2) is 4.04. The van der Waals surface area contributed by atoms with Crippen LogP contribution in [0.5, 0.6) is 11.5 Å². The summed E-state index contributed by atoms with van der Waals surface area (Å²) in [6.45, 7) is 0. The van der Waals surface area contributed by atoms with Gasteiger partial charge in [-0.1, -0.05) is 12.5 Å². The van der Waals surface area contributed by atoms with Crippen molar-refractivity contribution in [3.8, 4) is 11.5 Å². The van der Waals surface area contributed by atoms with E-state index in [9.17, 15) is 0 Å². The standard InChI is InChI=1S/C16H18O2/c1-2-6-14-11(4-1)10-12-7-8-15-13(16(12)18-14)5-3-9-17-15/h3,7-9,11,14H,1-2,4-6,10H2. The topological polar surface area (TPSA) is 18.5 Å². The van der Waals surface area contributed by atoms with Crippen LogP contribution in [0, 0.1) is 5.92 Å². The SMILES string of the molecule is C1=COc2ccc3c(c2C1)OC1CCCCC1C3. The van der Waals surface area contributed by atoms with Crippen LogP contribution in [0.25, 0.3) is 0 Å². The molecule has 18 heavy (non-hydrogen) atoms. The lowest BCUT2D eigenvalue weighted by Crippen LogP contribution is -2.35. The lowest BCUT2D eigenvalue weighted by Gasteiger charge is -2.38. The number of ether oxygens (including phenoxy) is 2. The van der Waals surface area contributed by atoms with E-state index in [1.54, 1.807) is 6.26 Å². The summed E-state index contributed by atoms with van der Waals surface area (Å²) in [4.78, 5) is 0. The van der Waals surface area contributed by atoms with Gasteiger partial charge < -0.3 is 9.47 Å². The van der Waals surface area contributed by atoms with Gasteiger partial charge in [-0.3, -0.25) is 0 Å². The molecule has 1 aromatic carbocycles. The van der Waals surface area contributed by atoms with E-state index in [0.717, 1.165) is 23.8 Å².